The van der Waals surface area contributed by atoms with Gasteiger partial charge in [-0.25, -0.2) is 4.98 Å². The van der Waals surface area contributed by atoms with E-state index < -0.39 is 0 Å². The number of benzene rings is 1. The summed E-state index contributed by atoms with van der Waals surface area (Å²) in [5, 5.41) is 7.73. The Hall–Kier alpha value is -1.15. The highest BCUT2D eigenvalue weighted by Crippen LogP contribution is 2.22. The number of hydrogen-bond donors (Lipinski definition) is 2. The van der Waals surface area contributed by atoms with Gasteiger partial charge in [-0.05, 0) is 29.9 Å². The Morgan fingerprint density at radius 1 is 1.16 bits per heavy atom. The zero-order valence-corrected chi connectivity index (χ0v) is 18.9. The summed E-state index contributed by atoms with van der Waals surface area (Å²) in [7, 11) is 1.79. The Morgan fingerprint density at radius 3 is 2.36 bits per heavy atom. The number of halogens is 1. The van der Waals surface area contributed by atoms with Crippen molar-refractivity contribution >= 4 is 41.3 Å². The number of hydrogen-bond acceptors (Lipinski definition) is 3. The Bertz CT molecular complexity index is 671. The van der Waals surface area contributed by atoms with Gasteiger partial charge in [-0.2, -0.15) is 0 Å². The summed E-state index contributed by atoms with van der Waals surface area (Å²) in [6.07, 6.45) is 2.88. The van der Waals surface area contributed by atoms with Crippen LogP contribution in [0.1, 0.15) is 41.8 Å². The second kappa shape index (κ2) is 10.1. The number of aliphatic imine (C=N–C) groups is 1. The van der Waals surface area contributed by atoms with Gasteiger partial charge in [-0.3, -0.25) is 4.99 Å². The monoisotopic (exact) mass is 472 g/mol. The highest BCUT2D eigenvalue weighted by Gasteiger charge is 2.12. The van der Waals surface area contributed by atoms with Crippen molar-refractivity contribution in [1.82, 2.24) is 15.6 Å². The van der Waals surface area contributed by atoms with Crippen LogP contribution in [0.2, 0.25) is 0 Å². The predicted molar refractivity (Wildman–Crippen MR) is 119 cm³/mol. The van der Waals surface area contributed by atoms with Gasteiger partial charge in [0.2, 0.25) is 0 Å². The largest absolute Gasteiger partial charge is 0.356 e. The number of rotatable bonds is 5. The number of nitrogens with zero attached hydrogens (tertiary/aromatic N) is 2. The number of nitrogens with one attached hydrogen (secondary N) is 2. The number of guanidine groups is 1. The lowest BCUT2D eigenvalue weighted by molar-refractivity contribution is 0.590. The van der Waals surface area contributed by atoms with Crippen LogP contribution in [0.25, 0.3) is 0 Å². The van der Waals surface area contributed by atoms with E-state index in [1.54, 1.807) is 18.4 Å². The first-order chi connectivity index (χ1) is 11.4. The van der Waals surface area contributed by atoms with Crippen molar-refractivity contribution in [3.63, 3.8) is 0 Å². The van der Waals surface area contributed by atoms with Crippen LogP contribution in [0.3, 0.4) is 0 Å². The first kappa shape index (κ1) is 21.9. The molecule has 0 spiro atoms. The van der Waals surface area contributed by atoms with Crippen LogP contribution >= 0.6 is 35.3 Å². The second-order valence-electron chi connectivity index (χ2n) is 6.91. The maximum absolute atomic E-state index is 4.35. The van der Waals surface area contributed by atoms with Crippen molar-refractivity contribution in [2.75, 3.05) is 13.6 Å². The normalized spacial score (nSPS) is 11.8. The van der Waals surface area contributed by atoms with Crippen molar-refractivity contribution in [3.05, 3.63) is 51.5 Å². The molecule has 0 unspecified atom stereocenters. The van der Waals surface area contributed by atoms with E-state index in [9.17, 15) is 0 Å². The minimum absolute atomic E-state index is 0. The molecule has 2 N–H and O–H groups in total. The van der Waals surface area contributed by atoms with Gasteiger partial charge in [0.05, 0.1) is 6.54 Å². The molecule has 1 aromatic heterocycles. The highest BCUT2D eigenvalue weighted by molar-refractivity contribution is 14.0. The fourth-order valence-electron chi connectivity index (χ4n) is 2.36. The van der Waals surface area contributed by atoms with Gasteiger partial charge in [-0.15, -0.1) is 35.3 Å². The van der Waals surface area contributed by atoms with Crippen LogP contribution in [0, 0.1) is 6.92 Å². The molecule has 138 valence electrons. The van der Waals surface area contributed by atoms with Crippen LogP contribution in [-0.4, -0.2) is 24.5 Å². The third-order valence-corrected chi connectivity index (χ3v) is 4.74. The van der Waals surface area contributed by atoms with Gasteiger partial charge < -0.3 is 10.6 Å². The molecule has 0 saturated heterocycles. The molecule has 1 aromatic carbocycles. The summed E-state index contributed by atoms with van der Waals surface area (Å²) < 4.78 is 0. The van der Waals surface area contributed by atoms with E-state index in [-0.39, 0.29) is 29.4 Å². The highest BCUT2D eigenvalue weighted by atomic mass is 127. The number of aryl methyl sites for hydroxylation is 1. The molecule has 0 amide bonds. The van der Waals surface area contributed by atoms with E-state index in [1.165, 1.54) is 16.0 Å². The topological polar surface area (TPSA) is 49.3 Å². The van der Waals surface area contributed by atoms with Gasteiger partial charge in [0.25, 0.3) is 0 Å². The molecule has 4 nitrogen and oxygen atoms in total. The Balaban J connectivity index is 0.00000312. The summed E-state index contributed by atoms with van der Waals surface area (Å²) in [5.74, 6) is 0.814. The summed E-state index contributed by atoms with van der Waals surface area (Å²) >= 11 is 1.71. The summed E-state index contributed by atoms with van der Waals surface area (Å²) in [6, 6.07) is 8.90. The molecule has 0 aliphatic carbocycles. The molecule has 0 aliphatic heterocycles. The van der Waals surface area contributed by atoms with Gasteiger partial charge in [0.15, 0.2) is 5.96 Å². The summed E-state index contributed by atoms with van der Waals surface area (Å²) in [5.41, 5.74) is 2.91. The second-order valence-corrected chi connectivity index (χ2v) is 8.23. The van der Waals surface area contributed by atoms with Crippen LogP contribution in [0.4, 0.5) is 0 Å². The number of thiazole rings is 1. The molecular weight excluding hydrogens is 443 g/mol. The van der Waals surface area contributed by atoms with E-state index in [2.05, 4.69) is 72.6 Å². The zero-order chi connectivity index (χ0) is 17.6. The van der Waals surface area contributed by atoms with Gasteiger partial charge in [-0.1, -0.05) is 45.0 Å². The molecule has 2 rings (SSSR count). The zero-order valence-electron chi connectivity index (χ0n) is 15.7. The van der Waals surface area contributed by atoms with E-state index in [0.717, 1.165) is 23.9 Å². The van der Waals surface area contributed by atoms with E-state index in [0.29, 0.717) is 6.54 Å². The van der Waals surface area contributed by atoms with Crippen molar-refractivity contribution in [2.24, 2.45) is 4.99 Å². The van der Waals surface area contributed by atoms with E-state index in [1.807, 2.05) is 6.20 Å². The predicted octanol–water partition coefficient (Wildman–Crippen LogP) is 4.27. The third kappa shape index (κ3) is 7.32. The molecule has 0 atom stereocenters. The minimum Gasteiger partial charge on any atom is -0.356 e. The lowest BCUT2D eigenvalue weighted by Gasteiger charge is -2.19. The number of aromatic nitrogens is 1. The summed E-state index contributed by atoms with van der Waals surface area (Å²) in [6.45, 7) is 10.3. The lowest BCUT2D eigenvalue weighted by Crippen LogP contribution is -2.37. The maximum atomic E-state index is 4.35. The van der Waals surface area contributed by atoms with Gasteiger partial charge in [0.1, 0.15) is 5.01 Å². The standard InChI is InChI=1S/C19H28N4S.HI/c1-14-12-22-17(24-14)13-23-18(20-5)21-11-10-15-6-8-16(9-7-15)19(2,3)4;/h6-9,12H,10-11,13H2,1-5H3,(H2,20,21,23);1H. The van der Waals surface area contributed by atoms with Crippen LogP contribution in [-0.2, 0) is 18.4 Å². The van der Waals surface area contributed by atoms with E-state index >= 15 is 0 Å². The molecule has 1 heterocycles. The van der Waals surface area contributed by atoms with Crippen molar-refractivity contribution in [3.8, 4) is 0 Å². The molecule has 0 radical (unpaired) electrons. The average molecular weight is 472 g/mol. The van der Waals surface area contributed by atoms with Gasteiger partial charge >= 0.3 is 0 Å². The van der Waals surface area contributed by atoms with Crippen molar-refractivity contribution in [2.45, 2.75) is 46.1 Å². The fraction of sp³-hybridized carbons (Fsp3) is 0.474. The van der Waals surface area contributed by atoms with E-state index in [4.69, 9.17) is 0 Å². The molecule has 2 aromatic rings. The Morgan fingerprint density at radius 2 is 1.84 bits per heavy atom. The molecule has 6 heteroatoms. The van der Waals surface area contributed by atoms with Gasteiger partial charge in [0, 0.05) is 24.7 Å². The smallest absolute Gasteiger partial charge is 0.191 e. The lowest BCUT2D eigenvalue weighted by atomic mass is 9.86. The molecule has 0 fully saturated rings. The van der Waals surface area contributed by atoms with Crippen LogP contribution < -0.4 is 10.6 Å². The fourth-order valence-corrected chi connectivity index (χ4v) is 3.09. The minimum atomic E-state index is 0. The van der Waals surface area contributed by atoms with Crippen LogP contribution in [0.5, 0.6) is 0 Å². The first-order valence-corrected chi connectivity index (χ1v) is 9.15. The van der Waals surface area contributed by atoms with Crippen molar-refractivity contribution < 1.29 is 0 Å². The third-order valence-electron chi connectivity index (χ3n) is 3.83. The summed E-state index contributed by atoms with van der Waals surface area (Å²) in [4.78, 5) is 9.84. The van der Waals surface area contributed by atoms with Crippen molar-refractivity contribution in [1.29, 1.82) is 0 Å². The average Bonchev–Trinajstić information content (AvgIpc) is 2.96. The Kier molecular flexibility index (Phi) is 8.85. The first-order valence-electron chi connectivity index (χ1n) is 8.34. The maximum Gasteiger partial charge on any atom is 0.191 e. The van der Waals surface area contributed by atoms with Crippen LogP contribution in [0.15, 0.2) is 35.5 Å². The molecule has 0 bridgehead atoms. The molecule has 0 aliphatic rings. The molecule has 25 heavy (non-hydrogen) atoms. The molecular formula is C19H29IN4S. The SMILES string of the molecule is CN=C(NCCc1ccc(C(C)(C)C)cc1)NCc1ncc(C)s1.I. The Labute approximate surface area is 172 Å². The quantitative estimate of drug-likeness (QED) is 0.388. The molecule has 0 saturated carbocycles.